The Morgan fingerprint density at radius 1 is 1.42 bits per heavy atom. The summed E-state index contributed by atoms with van der Waals surface area (Å²) in [4.78, 5) is 12.0. The van der Waals surface area contributed by atoms with E-state index in [1.54, 1.807) is 0 Å². The van der Waals surface area contributed by atoms with Gasteiger partial charge in [0.15, 0.2) is 0 Å². The van der Waals surface area contributed by atoms with Gasteiger partial charge < -0.3 is 10.1 Å². The second kappa shape index (κ2) is 8.20. The van der Waals surface area contributed by atoms with Gasteiger partial charge in [0, 0.05) is 22.5 Å². The molecule has 1 aromatic carbocycles. The van der Waals surface area contributed by atoms with Crippen LogP contribution in [0.3, 0.4) is 0 Å². The predicted molar refractivity (Wildman–Crippen MR) is 82.9 cm³/mol. The highest BCUT2D eigenvalue weighted by Gasteiger charge is 2.12. The topological polar surface area (TPSA) is 38.3 Å². The normalized spacial score (nSPS) is 12.0. The lowest BCUT2D eigenvalue weighted by Gasteiger charge is -2.14. The molecule has 19 heavy (non-hydrogen) atoms. The third-order valence-corrected chi connectivity index (χ3v) is 3.55. The molecular formula is C15H22BrNO2. The van der Waals surface area contributed by atoms with Crippen LogP contribution in [0.2, 0.25) is 0 Å². The molecule has 1 amide bonds. The van der Waals surface area contributed by atoms with Crippen LogP contribution in [0, 0.1) is 5.92 Å². The summed E-state index contributed by atoms with van der Waals surface area (Å²) in [5.74, 6) is 0.981. The molecule has 0 aliphatic carbocycles. The van der Waals surface area contributed by atoms with Crippen molar-refractivity contribution in [3.8, 4) is 5.75 Å². The molecule has 106 valence electrons. The molecule has 0 spiro atoms. The number of hydrogen-bond acceptors (Lipinski definition) is 2. The first kappa shape index (κ1) is 16.0. The van der Waals surface area contributed by atoms with Crippen molar-refractivity contribution in [3.63, 3.8) is 0 Å². The van der Waals surface area contributed by atoms with E-state index in [0.29, 0.717) is 11.9 Å². The van der Waals surface area contributed by atoms with E-state index < -0.39 is 0 Å². The molecule has 3 nitrogen and oxygen atoms in total. The number of carbonyl (C=O) groups is 1. The molecule has 1 rings (SSSR count). The van der Waals surface area contributed by atoms with E-state index in [2.05, 4.69) is 28.2 Å². The van der Waals surface area contributed by atoms with Crippen LogP contribution >= 0.6 is 15.9 Å². The molecule has 0 saturated carbocycles. The maximum Gasteiger partial charge on any atom is 0.227 e. The Bertz CT molecular complexity index is 421. The van der Waals surface area contributed by atoms with Gasteiger partial charge in [0.2, 0.25) is 5.91 Å². The summed E-state index contributed by atoms with van der Waals surface area (Å²) in [6, 6.07) is 5.74. The highest BCUT2D eigenvalue weighted by Crippen LogP contribution is 2.25. The zero-order chi connectivity index (χ0) is 14.3. The molecule has 0 aliphatic rings. The maximum atomic E-state index is 12.0. The minimum absolute atomic E-state index is 0.0454. The summed E-state index contributed by atoms with van der Waals surface area (Å²) < 4.78 is 5.53. The second-order valence-corrected chi connectivity index (χ2v) is 5.13. The Morgan fingerprint density at radius 3 is 2.74 bits per heavy atom. The Hall–Kier alpha value is -1.03. The number of alkyl halides is 1. The van der Waals surface area contributed by atoms with Crippen molar-refractivity contribution < 1.29 is 9.53 Å². The first-order valence-electron chi connectivity index (χ1n) is 6.74. The monoisotopic (exact) mass is 327 g/mol. The molecule has 0 heterocycles. The van der Waals surface area contributed by atoms with Crippen LogP contribution in [-0.4, -0.2) is 12.5 Å². The highest BCUT2D eigenvalue weighted by atomic mass is 79.9. The standard InChI is InChI=1S/C15H22BrNO2/c1-4-6-11(3)15(18)17-13-7-8-14(19-5-2)12(9-13)10-16/h7-9,11H,4-6,10H2,1-3H3,(H,17,18). The van der Waals surface area contributed by atoms with Crippen molar-refractivity contribution in [3.05, 3.63) is 23.8 Å². The Kier molecular flexibility index (Phi) is 6.92. The van der Waals surface area contributed by atoms with Crippen molar-refractivity contribution in [1.82, 2.24) is 0 Å². The zero-order valence-electron chi connectivity index (χ0n) is 11.8. The fourth-order valence-electron chi connectivity index (χ4n) is 1.89. The Labute approximate surface area is 123 Å². The molecule has 1 aromatic rings. The quantitative estimate of drug-likeness (QED) is 0.756. The minimum Gasteiger partial charge on any atom is -0.494 e. The van der Waals surface area contributed by atoms with Crippen LogP contribution in [0.15, 0.2) is 18.2 Å². The van der Waals surface area contributed by atoms with Crippen molar-refractivity contribution in [2.75, 3.05) is 11.9 Å². The predicted octanol–water partition coefficient (Wildman–Crippen LogP) is 4.35. The van der Waals surface area contributed by atoms with E-state index in [1.165, 1.54) is 0 Å². The number of amides is 1. The number of hydrogen-bond donors (Lipinski definition) is 1. The average molecular weight is 328 g/mol. The van der Waals surface area contributed by atoms with Crippen molar-refractivity contribution in [1.29, 1.82) is 0 Å². The zero-order valence-corrected chi connectivity index (χ0v) is 13.4. The number of ether oxygens (including phenoxy) is 1. The Morgan fingerprint density at radius 2 is 2.16 bits per heavy atom. The van der Waals surface area contributed by atoms with Gasteiger partial charge in [-0.25, -0.2) is 0 Å². The van der Waals surface area contributed by atoms with Crippen molar-refractivity contribution >= 4 is 27.5 Å². The third kappa shape index (κ3) is 4.86. The van der Waals surface area contributed by atoms with Crippen LogP contribution in [0.4, 0.5) is 5.69 Å². The minimum atomic E-state index is 0.0454. The maximum absolute atomic E-state index is 12.0. The molecule has 0 fully saturated rings. The molecular weight excluding hydrogens is 306 g/mol. The van der Waals surface area contributed by atoms with Crippen molar-refractivity contribution in [2.45, 2.75) is 38.9 Å². The SMILES string of the molecule is CCCC(C)C(=O)Nc1ccc(OCC)c(CBr)c1. The number of anilines is 1. The first-order valence-corrected chi connectivity index (χ1v) is 7.87. The number of nitrogens with one attached hydrogen (secondary N) is 1. The van der Waals surface area contributed by atoms with Gasteiger partial charge in [-0.3, -0.25) is 4.79 Å². The number of benzene rings is 1. The molecule has 1 N–H and O–H groups in total. The first-order chi connectivity index (χ1) is 9.12. The largest absolute Gasteiger partial charge is 0.494 e. The van der Waals surface area contributed by atoms with E-state index in [4.69, 9.17) is 4.74 Å². The molecule has 0 saturated heterocycles. The van der Waals surface area contributed by atoms with Crippen LogP contribution in [0.1, 0.15) is 39.2 Å². The lowest BCUT2D eigenvalue weighted by Crippen LogP contribution is -2.20. The molecule has 0 radical (unpaired) electrons. The van der Waals surface area contributed by atoms with Crippen LogP contribution in [0.25, 0.3) is 0 Å². The van der Waals surface area contributed by atoms with E-state index in [0.717, 1.165) is 29.8 Å². The van der Waals surface area contributed by atoms with Gasteiger partial charge in [0.25, 0.3) is 0 Å². The average Bonchev–Trinajstić information content (AvgIpc) is 2.41. The molecule has 0 aromatic heterocycles. The number of halogens is 1. The molecule has 1 unspecified atom stereocenters. The number of rotatable bonds is 7. The van der Waals surface area contributed by atoms with Crippen molar-refractivity contribution in [2.24, 2.45) is 5.92 Å². The fraction of sp³-hybridized carbons (Fsp3) is 0.533. The lowest BCUT2D eigenvalue weighted by molar-refractivity contribution is -0.119. The van der Waals surface area contributed by atoms with Gasteiger partial charge in [-0.2, -0.15) is 0 Å². The second-order valence-electron chi connectivity index (χ2n) is 4.57. The summed E-state index contributed by atoms with van der Waals surface area (Å²) >= 11 is 3.44. The summed E-state index contributed by atoms with van der Waals surface area (Å²) in [5, 5.41) is 3.66. The number of carbonyl (C=O) groups excluding carboxylic acids is 1. The van der Waals surface area contributed by atoms with Crippen LogP contribution in [0.5, 0.6) is 5.75 Å². The van der Waals surface area contributed by atoms with Gasteiger partial charge in [0.05, 0.1) is 6.61 Å². The van der Waals surface area contributed by atoms with Gasteiger partial charge in [-0.05, 0) is 31.5 Å². The molecule has 4 heteroatoms. The summed E-state index contributed by atoms with van der Waals surface area (Å²) in [5.41, 5.74) is 1.87. The van der Waals surface area contributed by atoms with Gasteiger partial charge >= 0.3 is 0 Å². The van der Waals surface area contributed by atoms with Crippen LogP contribution < -0.4 is 10.1 Å². The van der Waals surface area contributed by atoms with Gasteiger partial charge in [-0.1, -0.05) is 36.2 Å². The van der Waals surface area contributed by atoms with E-state index in [9.17, 15) is 4.79 Å². The molecule has 1 atom stereocenters. The third-order valence-electron chi connectivity index (χ3n) is 2.94. The fourth-order valence-corrected chi connectivity index (χ4v) is 2.33. The molecule has 0 aliphatic heterocycles. The smallest absolute Gasteiger partial charge is 0.227 e. The van der Waals surface area contributed by atoms with E-state index in [1.807, 2.05) is 32.0 Å². The lowest BCUT2D eigenvalue weighted by atomic mass is 10.1. The highest BCUT2D eigenvalue weighted by molar-refractivity contribution is 9.08. The Balaban J connectivity index is 2.76. The van der Waals surface area contributed by atoms with E-state index in [-0.39, 0.29) is 11.8 Å². The molecule has 0 bridgehead atoms. The van der Waals surface area contributed by atoms with E-state index >= 15 is 0 Å². The summed E-state index contributed by atoms with van der Waals surface area (Å²) in [7, 11) is 0. The summed E-state index contributed by atoms with van der Waals surface area (Å²) in [6.07, 6.45) is 1.93. The van der Waals surface area contributed by atoms with Crippen LogP contribution in [-0.2, 0) is 10.1 Å². The summed E-state index contributed by atoms with van der Waals surface area (Å²) in [6.45, 7) is 6.64. The van der Waals surface area contributed by atoms with Gasteiger partial charge in [0.1, 0.15) is 5.75 Å². The van der Waals surface area contributed by atoms with Gasteiger partial charge in [-0.15, -0.1) is 0 Å².